The summed E-state index contributed by atoms with van der Waals surface area (Å²) < 4.78 is 9.90. The Labute approximate surface area is 126 Å². The van der Waals surface area contributed by atoms with E-state index in [1.54, 1.807) is 25.1 Å². The predicted molar refractivity (Wildman–Crippen MR) is 77.1 cm³/mol. The molecule has 0 fully saturated rings. The van der Waals surface area contributed by atoms with Crippen LogP contribution >= 0.6 is 0 Å². The van der Waals surface area contributed by atoms with Crippen LogP contribution in [-0.2, 0) is 16.1 Å². The van der Waals surface area contributed by atoms with Crippen LogP contribution < -0.4 is 5.32 Å². The van der Waals surface area contributed by atoms with Gasteiger partial charge in [-0.2, -0.15) is 0 Å². The minimum atomic E-state index is -0.984. The quantitative estimate of drug-likeness (QED) is 0.815. The average Bonchev–Trinajstić information content (AvgIpc) is 2.92. The summed E-state index contributed by atoms with van der Waals surface area (Å²) in [5.74, 6) is -0.307. The summed E-state index contributed by atoms with van der Waals surface area (Å²) in [6.45, 7) is 3.05. The molecule has 0 saturated heterocycles. The Hall–Kier alpha value is -2.67. The third kappa shape index (κ3) is 3.92. The van der Waals surface area contributed by atoms with E-state index in [9.17, 15) is 9.59 Å². The van der Waals surface area contributed by atoms with Gasteiger partial charge in [0.05, 0.1) is 12.2 Å². The van der Waals surface area contributed by atoms with Gasteiger partial charge < -0.3 is 19.7 Å². The van der Waals surface area contributed by atoms with Crippen molar-refractivity contribution in [1.29, 1.82) is 0 Å². The lowest BCUT2D eigenvalue weighted by Crippen LogP contribution is -2.30. The number of carbonyl (C=O) groups is 2. The summed E-state index contributed by atoms with van der Waals surface area (Å²) in [6.07, 6.45) is -0.984. The summed E-state index contributed by atoms with van der Waals surface area (Å²) in [5, 5.41) is 15.1. The highest BCUT2D eigenvalue weighted by Gasteiger charge is 2.20. The van der Waals surface area contributed by atoms with Crippen LogP contribution in [0.3, 0.4) is 0 Å². The molecule has 2 aromatic rings. The number of anilines is 1. The van der Waals surface area contributed by atoms with Crippen molar-refractivity contribution in [1.82, 2.24) is 5.16 Å². The fourth-order valence-corrected chi connectivity index (χ4v) is 1.68. The molecule has 0 aliphatic rings. The number of esters is 1. The number of rotatable bonds is 5. The number of amides is 1. The Morgan fingerprint density at radius 2 is 2.05 bits per heavy atom. The number of aromatic nitrogens is 1. The molecule has 0 saturated carbocycles. The normalized spacial score (nSPS) is 11.8. The number of hydrogen-bond donors (Lipinski definition) is 2. The topological polar surface area (TPSA) is 102 Å². The second-order valence-corrected chi connectivity index (χ2v) is 4.71. The number of hydrogen-bond acceptors (Lipinski definition) is 6. The highest BCUT2D eigenvalue weighted by Crippen LogP contribution is 2.10. The van der Waals surface area contributed by atoms with Crippen molar-refractivity contribution in [3.8, 4) is 0 Å². The van der Waals surface area contributed by atoms with E-state index in [4.69, 9.17) is 14.4 Å². The maximum Gasteiger partial charge on any atom is 0.338 e. The number of carbonyl (C=O) groups excluding carboxylic acids is 2. The zero-order valence-corrected chi connectivity index (χ0v) is 12.2. The molecular weight excluding hydrogens is 288 g/mol. The Balaban J connectivity index is 1.93. The van der Waals surface area contributed by atoms with E-state index in [0.29, 0.717) is 16.9 Å². The smallest absolute Gasteiger partial charge is 0.338 e. The third-order valence-corrected chi connectivity index (χ3v) is 2.90. The van der Waals surface area contributed by atoms with Crippen molar-refractivity contribution in [2.75, 3.05) is 5.32 Å². The van der Waals surface area contributed by atoms with Gasteiger partial charge in [0.15, 0.2) is 11.9 Å². The van der Waals surface area contributed by atoms with Crippen molar-refractivity contribution < 1.29 is 24.0 Å². The van der Waals surface area contributed by atoms with E-state index < -0.39 is 18.0 Å². The highest BCUT2D eigenvalue weighted by molar-refractivity contribution is 5.96. The molecule has 1 aromatic carbocycles. The van der Waals surface area contributed by atoms with Gasteiger partial charge in [-0.25, -0.2) is 4.79 Å². The first-order chi connectivity index (χ1) is 10.5. The van der Waals surface area contributed by atoms with Gasteiger partial charge in [0, 0.05) is 6.07 Å². The van der Waals surface area contributed by atoms with Crippen molar-refractivity contribution in [3.63, 3.8) is 0 Å². The predicted octanol–water partition coefficient (Wildman–Crippen LogP) is 1.66. The van der Waals surface area contributed by atoms with Crippen LogP contribution in [0.25, 0.3) is 0 Å². The summed E-state index contributed by atoms with van der Waals surface area (Å²) in [4.78, 5) is 23.8. The molecule has 1 unspecified atom stereocenters. The summed E-state index contributed by atoms with van der Waals surface area (Å²) in [7, 11) is 0. The maximum absolute atomic E-state index is 11.9. The molecule has 0 radical (unpaired) electrons. The lowest BCUT2D eigenvalue weighted by Gasteiger charge is -2.12. The van der Waals surface area contributed by atoms with Crippen molar-refractivity contribution in [3.05, 3.63) is 47.2 Å². The minimum Gasteiger partial charge on any atom is -0.449 e. The SMILES string of the molecule is Cc1cc(NC(=O)C(C)OC(=O)c2ccc(CO)cc2)no1. The molecule has 2 rings (SSSR count). The molecule has 0 aliphatic carbocycles. The van der Waals surface area contributed by atoms with Crippen LogP contribution in [0.5, 0.6) is 0 Å². The van der Waals surface area contributed by atoms with Gasteiger partial charge in [0.25, 0.3) is 5.91 Å². The molecule has 0 bridgehead atoms. The van der Waals surface area contributed by atoms with Crippen LogP contribution in [0, 0.1) is 6.92 Å². The molecule has 1 aromatic heterocycles. The molecule has 22 heavy (non-hydrogen) atoms. The molecule has 7 heteroatoms. The number of ether oxygens (including phenoxy) is 1. The first-order valence-corrected chi connectivity index (χ1v) is 6.64. The van der Waals surface area contributed by atoms with Gasteiger partial charge in [-0.15, -0.1) is 0 Å². The second-order valence-electron chi connectivity index (χ2n) is 4.71. The number of benzene rings is 1. The summed E-state index contributed by atoms with van der Waals surface area (Å²) in [6, 6.07) is 7.83. The number of nitrogens with zero attached hydrogens (tertiary/aromatic N) is 1. The Kier molecular flexibility index (Phi) is 4.90. The average molecular weight is 304 g/mol. The Morgan fingerprint density at radius 1 is 1.36 bits per heavy atom. The maximum atomic E-state index is 11.9. The van der Waals surface area contributed by atoms with Crippen LogP contribution in [0.1, 0.15) is 28.6 Å². The molecule has 0 spiro atoms. The first kappa shape index (κ1) is 15.7. The van der Waals surface area contributed by atoms with Gasteiger partial charge in [0.2, 0.25) is 0 Å². The molecule has 116 valence electrons. The van der Waals surface area contributed by atoms with Gasteiger partial charge in [-0.1, -0.05) is 17.3 Å². The molecular formula is C15H16N2O5. The fraction of sp³-hybridized carbons (Fsp3) is 0.267. The van der Waals surface area contributed by atoms with Gasteiger partial charge in [-0.05, 0) is 31.5 Å². The van der Waals surface area contributed by atoms with Gasteiger partial charge in [0.1, 0.15) is 5.76 Å². The van der Waals surface area contributed by atoms with E-state index in [-0.39, 0.29) is 12.4 Å². The zero-order valence-electron chi connectivity index (χ0n) is 12.2. The van der Waals surface area contributed by atoms with E-state index in [2.05, 4.69) is 10.5 Å². The third-order valence-electron chi connectivity index (χ3n) is 2.90. The zero-order chi connectivity index (χ0) is 16.1. The van der Waals surface area contributed by atoms with E-state index in [0.717, 1.165) is 0 Å². The Morgan fingerprint density at radius 3 is 2.59 bits per heavy atom. The molecule has 1 amide bonds. The van der Waals surface area contributed by atoms with Gasteiger partial charge in [-0.3, -0.25) is 4.79 Å². The minimum absolute atomic E-state index is 0.106. The second kappa shape index (κ2) is 6.86. The fourth-order valence-electron chi connectivity index (χ4n) is 1.68. The molecule has 0 aliphatic heterocycles. The molecule has 2 N–H and O–H groups in total. The monoisotopic (exact) mass is 304 g/mol. The summed E-state index contributed by atoms with van der Waals surface area (Å²) in [5.41, 5.74) is 0.984. The lowest BCUT2D eigenvalue weighted by atomic mass is 10.1. The van der Waals surface area contributed by atoms with Crippen LogP contribution in [0.4, 0.5) is 5.82 Å². The standard InChI is InChI=1S/C15H16N2O5/c1-9-7-13(17-22-9)16-14(19)10(2)21-15(20)12-5-3-11(8-18)4-6-12/h3-7,10,18H,8H2,1-2H3,(H,16,17,19). The highest BCUT2D eigenvalue weighted by atomic mass is 16.5. The van der Waals surface area contributed by atoms with Crippen molar-refractivity contribution in [2.24, 2.45) is 0 Å². The largest absolute Gasteiger partial charge is 0.449 e. The first-order valence-electron chi connectivity index (χ1n) is 6.64. The van der Waals surface area contributed by atoms with Crippen LogP contribution in [0.2, 0.25) is 0 Å². The molecule has 7 nitrogen and oxygen atoms in total. The Bertz CT molecular complexity index is 663. The van der Waals surface area contributed by atoms with Gasteiger partial charge >= 0.3 is 5.97 Å². The number of nitrogens with one attached hydrogen (secondary N) is 1. The van der Waals surface area contributed by atoms with Crippen molar-refractivity contribution >= 4 is 17.7 Å². The molecule has 1 atom stereocenters. The number of aliphatic hydroxyl groups is 1. The van der Waals surface area contributed by atoms with Crippen LogP contribution in [0.15, 0.2) is 34.9 Å². The van der Waals surface area contributed by atoms with E-state index in [1.165, 1.54) is 19.1 Å². The molecule has 1 heterocycles. The van der Waals surface area contributed by atoms with Crippen LogP contribution in [-0.4, -0.2) is 28.2 Å². The lowest BCUT2D eigenvalue weighted by molar-refractivity contribution is -0.123. The number of aliphatic hydroxyl groups excluding tert-OH is 1. The number of aryl methyl sites for hydroxylation is 1. The van der Waals surface area contributed by atoms with E-state index >= 15 is 0 Å². The summed E-state index contributed by atoms with van der Waals surface area (Å²) >= 11 is 0. The van der Waals surface area contributed by atoms with Crippen molar-refractivity contribution in [2.45, 2.75) is 26.6 Å². The van der Waals surface area contributed by atoms with E-state index in [1.807, 2.05) is 0 Å².